The Labute approximate surface area is 255 Å². The lowest BCUT2D eigenvalue weighted by atomic mass is 9.57. The van der Waals surface area contributed by atoms with Crippen molar-refractivity contribution >= 4 is 23.2 Å². The number of benzene rings is 2. The third kappa shape index (κ3) is 4.89. The number of fused-ring (bicyclic) bond motifs is 3. The number of ketones is 2. The van der Waals surface area contributed by atoms with Crippen LogP contribution >= 0.6 is 0 Å². The van der Waals surface area contributed by atoms with Gasteiger partial charge in [0.15, 0.2) is 11.4 Å². The summed E-state index contributed by atoms with van der Waals surface area (Å²) in [5, 5.41) is 34.3. The minimum absolute atomic E-state index is 0.00450. The van der Waals surface area contributed by atoms with Crippen molar-refractivity contribution in [1.29, 1.82) is 0 Å². The number of primary amides is 1. The Morgan fingerprint density at radius 2 is 1.84 bits per heavy atom. The van der Waals surface area contributed by atoms with Gasteiger partial charge in [0.25, 0.3) is 5.91 Å². The zero-order valence-electron chi connectivity index (χ0n) is 25.3. The van der Waals surface area contributed by atoms with Gasteiger partial charge in [0.05, 0.1) is 18.7 Å². The molecule has 5 N–H and O–H groups in total. The van der Waals surface area contributed by atoms with Gasteiger partial charge in [0, 0.05) is 35.7 Å². The van der Waals surface area contributed by atoms with Gasteiger partial charge < -0.3 is 25.8 Å². The van der Waals surface area contributed by atoms with E-state index in [2.05, 4.69) is 4.90 Å². The molecule has 1 amide bonds. The third-order valence-electron chi connectivity index (χ3n) is 9.12. The standard InChI is InChI=1S/C33H38FN3O7/c1-5-11-37(15-17-9-7-6-8-10-17)16-19-14-22(44-4)24-20(26(19)34)12-18-13-21-27(36(2)3)29(39)25(32(35)42)31(41)33(21,43)30(40)23(18)28(24)38/h6-10,14,18,21,27,38,41,43H,5,11-13,15-16H2,1-4H3,(H2,35,42)/t18-,21-,27-,33-/m0/s1. The van der Waals surface area contributed by atoms with Crippen LogP contribution in [0, 0.1) is 17.7 Å². The van der Waals surface area contributed by atoms with Crippen molar-refractivity contribution < 1.29 is 38.8 Å². The molecule has 10 nitrogen and oxygen atoms in total. The molecule has 4 atom stereocenters. The number of ether oxygens (including phenoxy) is 1. The summed E-state index contributed by atoms with van der Waals surface area (Å²) < 4.78 is 22.0. The lowest BCUT2D eigenvalue weighted by Crippen LogP contribution is -2.65. The van der Waals surface area contributed by atoms with E-state index in [-0.39, 0.29) is 41.8 Å². The lowest BCUT2D eigenvalue weighted by Gasteiger charge is -2.50. The molecule has 0 aliphatic heterocycles. The zero-order valence-corrected chi connectivity index (χ0v) is 25.3. The number of aliphatic hydroxyl groups is 3. The van der Waals surface area contributed by atoms with Crippen molar-refractivity contribution in [3.8, 4) is 5.75 Å². The number of hydrogen-bond acceptors (Lipinski definition) is 9. The molecule has 0 heterocycles. The molecule has 234 valence electrons. The van der Waals surface area contributed by atoms with Crippen LogP contribution in [-0.2, 0) is 33.9 Å². The molecular formula is C33H38FN3O7. The molecule has 3 aliphatic rings. The zero-order chi connectivity index (χ0) is 32.1. The smallest absolute Gasteiger partial charge is 0.255 e. The number of aliphatic hydroxyl groups excluding tert-OH is 2. The number of carbonyl (C=O) groups is 3. The van der Waals surface area contributed by atoms with Crippen LogP contribution in [-0.4, -0.2) is 82.0 Å². The Bertz CT molecular complexity index is 1590. The van der Waals surface area contributed by atoms with E-state index in [0.717, 1.165) is 12.0 Å². The summed E-state index contributed by atoms with van der Waals surface area (Å²) in [6.45, 7) is 3.63. The Morgan fingerprint density at radius 3 is 2.43 bits per heavy atom. The Morgan fingerprint density at radius 1 is 1.16 bits per heavy atom. The predicted octanol–water partition coefficient (Wildman–Crippen LogP) is 2.82. The van der Waals surface area contributed by atoms with Crippen LogP contribution in [0.1, 0.15) is 42.0 Å². The molecule has 44 heavy (non-hydrogen) atoms. The number of nitrogens with two attached hydrogens (primary N) is 1. The molecule has 0 radical (unpaired) electrons. The van der Waals surface area contributed by atoms with Crippen LogP contribution in [0.4, 0.5) is 4.39 Å². The van der Waals surface area contributed by atoms with Gasteiger partial charge in [-0.05, 0) is 57.5 Å². The number of carbonyl (C=O) groups excluding carboxylic acids is 3. The van der Waals surface area contributed by atoms with E-state index in [1.807, 2.05) is 37.3 Å². The fraction of sp³-hybridized carbons (Fsp3) is 0.424. The van der Waals surface area contributed by atoms with E-state index < -0.39 is 63.9 Å². The fourth-order valence-corrected chi connectivity index (χ4v) is 7.22. The molecule has 1 saturated carbocycles. The minimum atomic E-state index is -2.70. The van der Waals surface area contributed by atoms with Crippen LogP contribution in [0.15, 0.2) is 53.3 Å². The van der Waals surface area contributed by atoms with E-state index in [4.69, 9.17) is 10.5 Å². The van der Waals surface area contributed by atoms with Crippen molar-refractivity contribution in [2.24, 2.45) is 17.6 Å². The van der Waals surface area contributed by atoms with Gasteiger partial charge in [-0.15, -0.1) is 0 Å². The molecule has 2 aromatic carbocycles. The van der Waals surface area contributed by atoms with Gasteiger partial charge >= 0.3 is 0 Å². The van der Waals surface area contributed by atoms with Gasteiger partial charge in [-0.2, -0.15) is 0 Å². The Balaban J connectivity index is 1.61. The maximum atomic E-state index is 16.4. The van der Waals surface area contributed by atoms with Gasteiger partial charge in [-0.25, -0.2) is 4.39 Å². The largest absolute Gasteiger partial charge is 0.508 e. The number of likely N-dealkylation sites (N-methyl/N-ethyl adjacent to an activating group) is 1. The minimum Gasteiger partial charge on any atom is -0.508 e. The van der Waals surface area contributed by atoms with Crippen molar-refractivity contribution in [3.63, 3.8) is 0 Å². The van der Waals surface area contributed by atoms with E-state index in [1.165, 1.54) is 18.1 Å². The molecule has 0 spiro atoms. The number of methoxy groups -OCH3 is 1. The van der Waals surface area contributed by atoms with Crippen molar-refractivity contribution in [1.82, 2.24) is 9.80 Å². The first-order valence-corrected chi connectivity index (χ1v) is 14.7. The SMILES string of the molecule is CCCN(Cc1ccccc1)Cc1cc(OC)c2c(c1F)C[C@H]1C[C@H]3[C@H](N(C)C)C(=O)C(C(N)=O)=C(O)[C@@]3(O)C(=O)C1=C2O. The predicted molar refractivity (Wildman–Crippen MR) is 160 cm³/mol. The highest BCUT2D eigenvalue weighted by atomic mass is 19.1. The van der Waals surface area contributed by atoms with Crippen LogP contribution < -0.4 is 10.5 Å². The van der Waals surface area contributed by atoms with E-state index in [9.17, 15) is 29.7 Å². The van der Waals surface area contributed by atoms with Gasteiger partial charge in [0.2, 0.25) is 5.78 Å². The monoisotopic (exact) mass is 607 g/mol. The van der Waals surface area contributed by atoms with Gasteiger partial charge in [0.1, 0.15) is 28.7 Å². The van der Waals surface area contributed by atoms with Crippen LogP contribution in [0.25, 0.3) is 5.76 Å². The first-order chi connectivity index (χ1) is 20.9. The number of hydrogen-bond donors (Lipinski definition) is 4. The summed E-state index contributed by atoms with van der Waals surface area (Å²) in [6, 6.07) is 10.2. The highest BCUT2D eigenvalue weighted by Gasteiger charge is 2.64. The summed E-state index contributed by atoms with van der Waals surface area (Å²) in [5.41, 5.74) is 3.22. The molecule has 2 aromatic rings. The molecule has 0 unspecified atom stereocenters. The average Bonchev–Trinajstić information content (AvgIpc) is 2.97. The topological polar surface area (TPSA) is 154 Å². The van der Waals surface area contributed by atoms with Crippen molar-refractivity contribution in [2.45, 2.75) is 50.9 Å². The number of Topliss-reactive ketones (excluding diaryl/α,β-unsaturated/α-hetero) is 2. The van der Waals surface area contributed by atoms with Crippen LogP contribution in [0.3, 0.4) is 0 Å². The van der Waals surface area contributed by atoms with Gasteiger partial charge in [-0.3, -0.25) is 24.2 Å². The Kier molecular flexibility index (Phi) is 8.41. The first kappa shape index (κ1) is 31.4. The summed E-state index contributed by atoms with van der Waals surface area (Å²) in [4.78, 5) is 43.1. The second-order valence-electron chi connectivity index (χ2n) is 12.1. The molecule has 3 aliphatic carbocycles. The quantitative estimate of drug-likeness (QED) is 0.315. The number of halogens is 1. The second-order valence-corrected chi connectivity index (χ2v) is 12.1. The van der Waals surface area contributed by atoms with Crippen LogP contribution in [0.2, 0.25) is 0 Å². The van der Waals surface area contributed by atoms with Gasteiger partial charge in [-0.1, -0.05) is 37.3 Å². The molecule has 5 rings (SSSR count). The average molecular weight is 608 g/mol. The first-order valence-electron chi connectivity index (χ1n) is 14.7. The van der Waals surface area contributed by atoms with E-state index in [1.54, 1.807) is 14.1 Å². The van der Waals surface area contributed by atoms with E-state index >= 15 is 4.39 Å². The number of nitrogens with zero attached hydrogens (tertiary/aromatic N) is 2. The Hall–Kier alpha value is -4.06. The lowest BCUT2D eigenvalue weighted by molar-refractivity contribution is -0.153. The molecule has 0 aromatic heterocycles. The highest BCUT2D eigenvalue weighted by Crippen LogP contribution is 2.53. The van der Waals surface area contributed by atoms with E-state index in [0.29, 0.717) is 18.7 Å². The molecule has 1 fully saturated rings. The third-order valence-corrected chi connectivity index (χ3v) is 9.12. The molecule has 0 saturated heterocycles. The fourth-order valence-electron chi connectivity index (χ4n) is 7.22. The summed E-state index contributed by atoms with van der Waals surface area (Å²) in [5.74, 6) is -7.23. The molecule has 0 bridgehead atoms. The number of rotatable bonds is 9. The molecule has 11 heteroatoms. The summed E-state index contributed by atoms with van der Waals surface area (Å²) >= 11 is 0. The van der Waals surface area contributed by atoms with Crippen molar-refractivity contribution in [2.75, 3.05) is 27.7 Å². The summed E-state index contributed by atoms with van der Waals surface area (Å²) in [7, 11) is 4.47. The van der Waals surface area contributed by atoms with Crippen LogP contribution in [0.5, 0.6) is 5.75 Å². The normalized spacial score (nSPS) is 24.9. The van der Waals surface area contributed by atoms with Crippen molar-refractivity contribution in [3.05, 3.63) is 81.4 Å². The molecular weight excluding hydrogens is 569 g/mol. The maximum absolute atomic E-state index is 16.4. The number of amides is 1. The summed E-state index contributed by atoms with van der Waals surface area (Å²) in [6.07, 6.45) is 0.771. The maximum Gasteiger partial charge on any atom is 0.255 e. The second kappa shape index (κ2) is 11.8. The highest BCUT2D eigenvalue weighted by molar-refractivity contribution is 6.24.